The van der Waals surface area contributed by atoms with Crippen LogP contribution in [0.25, 0.3) is 0 Å². The summed E-state index contributed by atoms with van der Waals surface area (Å²) in [7, 11) is 0. The van der Waals surface area contributed by atoms with Crippen molar-refractivity contribution in [3.8, 4) is 6.07 Å². The molecule has 0 aromatic rings. The number of hydrogen-bond acceptors (Lipinski definition) is 3. The van der Waals surface area contributed by atoms with Crippen LogP contribution in [0.1, 0.15) is 19.8 Å². The Hall–Kier alpha value is -1.08. The third-order valence-electron chi connectivity index (χ3n) is 2.21. The molecule has 1 fully saturated rings. The molecule has 0 aliphatic heterocycles. The van der Waals surface area contributed by atoms with Gasteiger partial charge in [0.15, 0.2) is 0 Å². The summed E-state index contributed by atoms with van der Waals surface area (Å²) in [4.78, 5) is 10.9. The molecular formula is C8H13N3O. The molecule has 3 N–H and O–H groups in total. The van der Waals surface area contributed by atoms with E-state index in [2.05, 4.69) is 11.4 Å². The van der Waals surface area contributed by atoms with Gasteiger partial charge in [-0.1, -0.05) is 0 Å². The van der Waals surface area contributed by atoms with Gasteiger partial charge in [0.25, 0.3) is 0 Å². The fourth-order valence-electron chi connectivity index (χ4n) is 1.22. The summed E-state index contributed by atoms with van der Waals surface area (Å²) in [6.45, 7) is 1.70. The molecule has 1 rings (SSSR count). The highest BCUT2D eigenvalue weighted by atomic mass is 16.2. The maximum Gasteiger partial charge on any atom is 0.234 e. The Bertz CT molecular complexity index is 229. The molecule has 1 unspecified atom stereocenters. The molecule has 0 radical (unpaired) electrons. The minimum atomic E-state index is -0.698. The molecule has 1 amide bonds. The van der Waals surface area contributed by atoms with Gasteiger partial charge in [0.1, 0.15) is 5.54 Å². The van der Waals surface area contributed by atoms with Gasteiger partial charge in [-0.05, 0) is 25.7 Å². The first-order chi connectivity index (χ1) is 5.62. The lowest BCUT2D eigenvalue weighted by Gasteiger charge is -2.22. The first-order valence-corrected chi connectivity index (χ1v) is 4.04. The van der Waals surface area contributed by atoms with Crippen molar-refractivity contribution in [1.82, 2.24) is 5.32 Å². The molecule has 0 saturated heterocycles. The van der Waals surface area contributed by atoms with Crippen LogP contribution >= 0.6 is 0 Å². The largest absolute Gasteiger partial charge is 0.337 e. The highest BCUT2D eigenvalue weighted by molar-refractivity contribution is 5.79. The second-order valence-electron chi connectivity index (χ2n) is 3.34. The minimum Gasteiger partial charge on any atom is -0.337 e. The first kappa shape index (κ1) is 9.01. The van der Waals surface area contributed by atoms with Crippen molar-refractivity contribution in [3.05, 3.63) is 0 Å². The highest BCUT2D eigenvalue weighted by Crippen LogP contribution is 2.38. The Labute approximate surface area is 71.7 Å². The SMILES string of the molecule is CC(C#N)(NC(=O)CN)C1CC1. The molecule has 0 bridgehead atoms. The zero-order valence-corrected chi connectivity index (χ0v) is 7.13. The molecule has 1 aliphatic carbocycles. The van der Waals surface area contributed by atoms with E-state index >= 15 is 0 Å². The third kappa shape index (κ3) is 1.74. The number of nitrogens with one attached hydrogen (secondary N) is 1. The lowest BCUT2D eigenvalue weighted by molar-refractivity contribution is -0.121. The van der Waals surface area contributed by atoms with Crippen molar-refractivity contribution in [2.75, 3.05) is 6.54 Å². The van der Waals surface area contributed by atoms with Gasteiger partial charge in [0.05, 0.1) is 12.6 Å². The molecular weight excluding hydrogens is 154 g/mol. The third-order valence-corrected chi connectivity index (χ3v) is 2.21. The topological polar surface area (TPSA) is 78.9 Å². The van der Waals surface area contributed by atoms with E-state index in [4.69, 9.17) is 11.0 Å². The number of rotatable bonds is 3. The second kappa shape index (κ2) is 3.11. The van der Waals surface area contributed by atoms with Crippen LogP contribution in [0.15, 0.2) is 0 Å². The van der Waals surface area contributed by atoms with E-state index in [-0.39, 0.29) is 12.5 Å². The maximum absolute atomic E-state index is 10.9. The van der Waals surface area contributed by atoms with Gasteiger partial charge < -0.3 is 11.1 Å². The van der Waals surface area contributed by atoms with Gasteiger partial charge >= 0.3 is 0 Å². The van der Waals surface area contributed by atoms with Gasteiger partial charge in [-0.3, -0.25) is 4.79 Å². The van der Waals surface area contributed by atoms with Crippen LogP contribution in [-0.2, 0) is 4.79 Å². The van der Waals surface area contributed by atoms with Gasteiger partial charge in [-0.15, -0.1) is 0 Å². The molecule has 66 valence electrons. The number of hydrogen-bond donors (Lipinski definition) is 2. The number of carbonyl (C=O) groups excluding carboxylic acids is 1. The molecule has 4 nitrogen and oxygen atoms in total. The maximum atomic E-state index is 10.9. The summed E-state index contributed by atoms with van der Waals surface area (Å²) < 4.78 is 0. The Kier molecular flexibility index (Phi) is 2.34. The summed E-state index contributed by atoms with van der Waals surface area (Å²) in [6, 6.07) is 2.12. The summed E-state index contributed by atoms with van der Waals surface area (Å²) in [5.74, 6) is 0.0592. The standard InChI is InChI=1S/C8H13N3O/c1-8(5-10,6-2-3-6)11-7(12)4-9/h6H,2-4,9H2,1H3,(H,11,12). The van der Waals surface area contributed by atoms with Gasteiger partial charge in [0.2, 0.25) is 5.91 Å². The number of amides is 1. The van der Waals surface area contributed by atoms with Crippen molar-refractivity contribution in [2.24, 2.45) is 11.7 Å². The van der Waals surface area contributed by atoms with E-state index in [1.54, 1.807) is 6.92 Å². The molecule has 0 aromatic heterocycles. The summed E-state index contributed by atoms with van der Waals surface area (Å²) >= 11 is 0. The van der Waals surface area contributed by atoms with E-state index in [1.807, 2.05) is 0 Å². The zero-order chi connectivity index (χ0) is 9.19. The number of nitrogens with zero attached hydrogens (tertiary/aromatic N) is 1. The fourth-order valence-corrected chi connectivity index (χ4v) is 1.22. The molecule has 1 atom stereocenters. The van der Waals surface area contributed by atoms with Crippen molar-refractivity contribution in [1.29, 1.82) is 5.26 Å². The fraction of sp³-hybridized carbons (Fsp3) is 0.750. The minimum absolute atomic E-state index is 0.0516. The van der Waals surface area contributed by atoms with Crippen LogP contribution in [0.3, 0.4) is 0 Å². The summed E-state index contributed by atoms with van der Waals surface area (Å²) in [5.41, 5.74) is 4.44. The summed E-state index contributed by atoms with van der Waals surface area (Å²) in [6.07, 6.45) is 2.05. The molecule has 1 aliphatic rings. The highest BCUT2D eigenvalue weighted by Gasteiger charge is 2.42. The number of nitrogens with two attached hydrogens (primary N) is 1. The smallest absolute Gasteiger partial charge is 0.234 e. The first-order valence-electron chi connectivity index (χ1n) is 4.04. The predicted molar refractivity (Wildman–Crippen MR) is 43.9 cm³/mol. The van der Waals surface area contributed by atoms with Crippen LogP contribution in [0.2, 0.25) is 0 Å². The molecule has 0 heterocycles. The molecule has 12 heavy (non-hydrogen) atoms. The second-order valence-corrected chi connectivity index (χ2v) is 3.34. The Morgan fingerprint density at radius 1 is 1.83 bits per heavy atom. The molecule has 1 saturated carbocycles. The van der Waals surface area contributed by atoms with Crippen LogP contribution in [0.4, 0.5) is 0 Å². The van der Waals surface area contributed by atoms with Gasteiger partial charge in [-0.25, -0.2) is 0 Å². The summed E-state index contributed by atoms with van der Waals surface area (Å²) in [5, 5.41) is 11.5. The van der Waals surface area contributed by atoms with E-state index < -0.39 is 5.54 Å². The van der Waals surface area contributed by atoms with Crippen LogP contribution in [0.5, 0.6) is 0 Å². The van der Waals surface area contributed by atoms with Crippen LogP contribution < -0.4 is 11.1 Å². The normalized spacial score (nSPS) is 20.8. The molecule has 0 aromatic carbocycles. The van der Waals surface area contributed by atoms with Crippen LogP contribution in [0, 0.1) is 17.2 Å². The zero-order valence-electron chi connectivity index (χ0n) is 7.13. The van der Waals surface area contributed by atoms with E-state index in [0.29, 0.717) is 5.92 Å². The van der Waals surface area contributed by atoms with Crippen LogP contribution in [-0.4, -0.2) is 18.0 Å². The average molecular weight is 167 g/mol. The van der Waals surface area contributed by atoms with Crippen molar-refractivity contribution >= 4 is 5.91 Å². The predicted octanol–water partition coefficient (Wildman–Crippen LogP) is -0.246. The van der Waals surface area contributed by atoms with Gasteiger partial charge in [0, 0.05) is 0 Å². The van der Waals surface area contributed by atoms with E-state index in [1.165, 1.54) is 0 Å². The lowest BCUT2D eigenvalue weighted by atomic mass is 9.98. The van der Waals surface area contributed by atoms with Crippen molar-refractivity contribution in [2.45, 2.75) is 25.3 Å². The van der Waals surface area contributed by atoms with Crippen molar-refractivity contribution < 1.29 is 4.79 Å². The van der Waals surface area contributed by atoms with E-state index in [9.17, 15) is 4.79 Å². The lowest BCUT2D eigenvalue weighted by Crippen LogP contribution is -2.48. The molecule has 4 heteroatoms. The van der Waals surface area contributed by atoms with E-state index in [0.717, 1.165) is 12.8 Å². The Morgan fingerprint density at radius 2 is 2.42 bits per heavy atom. The van der Waals surface area contributed by atoms with Gasteiger partial charge in [-0.2, -0.15) is 5.26 Å². The molecule has 0 spiro atoms. The number of nitriles is 1. The average Bonchev–Trinajstić information content (AvgIpc) is 2.86. The Balaban J connectivity index is 2.56. The monoisotopic (exact) mass is 167 g/mol. The Morgan fingerprint density at radius 3 is 2.75 bits per heavy atom. The number of carbonyl (C=O) groups is 1. The quantitative estimate of drug-likeness (QED) is 0.608. The van der Waals surface area contributed by atoms with Crippen molar-refractivity contribution in [3.63, 3.8) is 0 Å².